The molecular formula is C24H23N3O5. The number of aryl methyl sites for hydroxylation is 1. The third kappa shape index (κ3) is 4.07. The van der Waals surface area contributed by atoms with Gasteiger partial charge in [-0.3, -0.25) is 14.5 Å². The summed E-state index contributed by atoms with van der Waals surface area (Å²) in [5.41, 5.74) is 2.51. The molecule has 0 unspecified atom stereocenters. The molecule has 1 aromatic heterocycles. The summed E-state index contributed by atoms with van der Waals surface area (Å²) in [6.45, 7) is 1.95. The highest BCUT2D eigenvalue weighted by molar-refractivity contribution is 6.11. The third-order valence-electron chi connectivity index (χ3n) is 5.12. The molecule has 4 rings (SSSR count). The van der Waals surface area contributed by atoms with Gasteiger partial charge < -0.3 is 19.5 Å². The highest BCUT2D eigenvalue weighted by Crippen LogP contribution is 2.38. The second-order valence-corrected chi connectivity index (χ2v) is 7.25. The lowest BCUT2D eigenvalue weighted by atomic mass is 10.1. The minimum Gasteiger partial charge on any atom is -0.493 e. The smallest absolute Gasteiger partial charge is 0.264 e. The number of methoxy groups -OCH3 is 2. The molecule has 0 saturated carbocycles. The van der Waals surface area contributed by atoms with Crippen LogP contribution in [0.15, 0.2) is 54.7 Å². The molecule has 2 aromatic carbocycles. The fourth-order valence-electron chi connectivity index (χ4n) is 3.56. The van der Waals surface area contributed by atoms with Crippen LogP contribution in [-0.2, 0) is 11.3 Å². The van der Waals surface area contributed by atoms with Crippen LogP contribution in [-0.4, -0.2) is 37.6 Å². The molecule has 3 aromatic rings. The first-order chi connectivity index (χ1) is 15.5. The van der Waals surface area contributed by atoms with Gasteiger partial charge in [0.2, 0.25) is 11.8 Å². The van der Waals surface area contributed by atoms with Crippen molar-refractivity contribution < 1.29 is 23.8 Å². The number of hydrogen-bond donors (Lipinski definition) is 1. The maximum atomic E-state index is 13.3. The number of anilines is 1. The number of fused-ring (bicyclic) bond motifs is 2. The summed E-state index contributed by atoms with van der Waals surface area (Å²) < 4.78 is 16.6. The molecule has 8 heteroatoms. The zero-order valence-corrected chi connectivity index (χ0v) is 18.0. The summed E-state index contributed by atoms with van der Waals surface area (Å²) in [6.07, 6.45) is 1.56. The Morgan fingerprint density at radius 1 is 1.12 bits per heavy atom. The molecule has 2 amide bonds. The maximum absolute atomic E-state index is 13.3. The lowest BCUT2D eigenvalue weighted by molar-refractivity contribution is -0.119. The van der Waals surface area contributed by atoms with Crippen LogP contribution < -0.4 is 24.4 Å². The Bertz CT molecular complexity index is 1180. The van der Waals surface area contributed by atoms with Crippen molar-refractivity contribution in [3.8, 4) is 23.1 Å². The number of carbonyl (C=O) groups is 2. The van der Waals surface area contributed by atoms with Crippen LogP contribution in [0.2, 0.25) is 0 Å². The number of carbonyl (C=O) groups excluding carboxylic acids is 2. The Balaban J connectivity index is 1.59. The van der Waals surface area contributed by atoms with Crippen molar-refractivity contribution in [3.05, 3.63) is 71.4 Å². The molecule has 0 radical (unpaired) electrons. The van der Waals surface area contributed by atoms with Gasteiger partial charge in [-0.25, -0.2) is 4.98 Å². The van der Waals surface area contributed by atoms with Gasteiger partial charge in [-0.1, -0.05) is 18.2 Å². The zero-order valence-electron chi connectivity index (χ0n) is 18.0. The summed E-state index contributed by atoms with van der Waals surface area (Å²) >= 11 is 0. The monoisotopic (exact) mass is 433 g/mol. The zero-order chi connectivity index (χ0) is 22.7. The number of benzene rings is 2. The molecule has 0 saturated heterocycles. The number of aromatic nitrogens is 1. The number of nitrogens with one attached hydrogen (secondary N) is 1. The molecule has 0 spiro atoms. The highest BCUT2D eigenvalue weighted by atomic mass is 16.5. The molecule has 0 fully saturated rings. The molecule has 0 atom stereocenters. The van der Waals surface area contributed by atoms with Crippen molar-refractivity contribution in [1.82, 2.24) is 10.3 Å². The normalized spacial score (nSPS) is 12.2. The molecule has 8 nitrogen and oxygen atoms in total. The van der Waals surface area contributed by atoms with Crippen LogP contribution in [0.25, 0.3) is 0 Å². The molecule has 2 heterocycles. The minimum absolute atomic E-state index is 0.181. The van der Waals surface area contributed by atoms with E-state index < -0.39 is 0 Å². The van der Waals surface area contributed by atoms with Gasteiger partial charge in [0.1, 0.15) is 12.1 Å². The van der Waals surface area contributed by atoms with E-state index in [-0.39, 0.29) is 30.8 Å². The van der Waals surface area contributed by atoms with Gasteiger partial charge in [0.15, 0.2) is 17.2 Å². The summed E-state index contributed by atoms with van der Waals surface area (Å²) in [5, 5.41) is 2.86. The Labute approximate surface area is 185 Å². The summed E-state index contributed by atoms with van der Waals surface area (Å²) in [5.74, 6) is 1.12. The Morgan fingerprint density at radius 2 is 1.97 bits per heavy atom. The first kappa shape index (κ1) is 21.2. The van der Waals surface area contributed by atoms with Crippen LogP contribution >= 0.6 is 0 Å². The highest BCUT2D eigenvalue weighted by Gasteiger charge is 2.30. The standard InChI is InChI=1S/C24H23N3O5/c1-15-9-10-19-18(12-15)27(24(29)17-7-5-11-25-23(17)32-19)14-21(28)26-13-16-6-4-8-20(30-2)22(16)31-3/h4-12H,13-14H2,1-3H3,(H,26,28). The first-order valence-corrected chi connectivity index (χ1v) is 10.0. The lowest BCUT2D eigenvalue weighted by Gasteiger charge is -2.22. The van der Waals surface area contributed by atoms with E-state index >= 15 is 0 Å². The van der Waals surface area contributed by atoms with Gasteiger partial charge in [0.25, 0.3) is 5.91 Å². The van der Waals surface area contributed by atoms with Crippen molar-refractivity contribution in [3.63, 3.8) is 0 Å². The molecule has 0 aliphatic carbocycles. The van der Waals surface area contributed by atoms with Gasteiger partial charge in [0.05, 0.1) is 19.9 Å². The van der Waals surface area contributed by atoms with E-state index in [1.165, 1.54) is 4.90 Å². The van der Waals surface area contributed by atoms with Gasteiger partial charge in [-0.05, 0) is 42.8 Å². The van der Waals surface area contributed by atoms with Crippen molar-refractivity contribution >= 4 is 17.5 Å². The number of para-hydroxylation sites is 1. The number of hydrogen-bond acceptors (Lipinski definition) is 6. The summed E-state index contributed by atoms with van der Waals surface area (Å²) in [7, 11) is 3.10. The van der Waals surface area contributed by atoms with Gasteiger partial charge in [0, 0.05) is 18.3 Å². The van der Waals surface area contributed by atoms with Crippen LogP contribution in [0.1, 0.15) is 21.5 Å². The number of ether oxygens (including phenoxy) is 3. The van der Waals surface area contributed by atoms with E-state index in [0.717, 1.165) is 11.1 Å². The van der Waals surface area contributed by atoms with E-state index in [0.29, 0.717) is 28.5 Å². The summed E-state index contributed by atoms with van der Waals surface area (Å²) in [4.78, 5) is 31.8. The maximum Gasteiger partial charge on any atom is 0.264 e. The topological polar surface area (TPSA) is 90.0 Å². The molecule has 1 aliphatic rings. The van der Waals surface area contributed by atoms with Gasteiger partial charge in [-0.15, -0.1) is 0 Å². The predicted octanol–water partition coefficient (Wildman–Crippen LogP) is 3.48. The number of rotatable bonds is 6. The number of amides is 2. The van der Waals surface area contributed by atoms with Crippen molar-refractivity contribution in [1.29, 1.82) is 0 Å². The van der Waals surface area contributed by atoms with Gasteiger partial charge in [-0.2, -0.15) is 0 Å². The van der Waals surface area contributed by atoms with E-state index in [2.05, 4.69) is 10.3 Å². The van der Waals surface area contributed by atoms with E-state index in [1.54, 1.807) is 44.7 Å². The van der Waals surface area contributed by atoms with E-state index in [1.807, 2.05) is 31.2 Å². The molecular weight excluding hydrogens is 410 g/mol. The Kier molecular flexibility index (Phi) is 5.93. The fraction of sp³-hybridized carbons (Fsp3) is 0.208. The number of pyridine rings is 1. The molecule has 1 N–H and O–H groups in total. The lowest BCUT2D eigenvalue weighted by Crippen LogP contribution is -2.40. The predicted molar refractivity (Wildman–Crippen MR) is 119 cm³/mol. The molecule has 0 bridgehead atoms. The second-order valence-electron chi connectivity index (χ2n) is 7.25. The van der Waals surface area contributed by atoms with Crippen molar-refractivity contribution in [2.24, 2.45) is 0 Å². The van der Waals surface area contributed by atoms with Crippen molar-refractivity contribution in [2.75, 3.05) is 25.7 Å². The largest absolute Gasteiger partial charge is 0.493 e. The average Bonchev–Trinajstić information content (AvgIpc) is 2.92. The third-order valence-corrected chi connectivity index (χ3v) is 5.12. The summed E-state index contributed by atoms with van der Waals surface area (Å²) in [6, 6.07) is 14.2. The van der Waals surface area contributed by atoms with E-state index in [9.17, 15) is 9.59 Å². The van der Waals surface area contributed by atoms with Gasteiger partial charge >= 0.3 is 0 Å². The Hall–Kier alpha value is -4.07. The quantitative estimate of drug-likeness (QED) is 0.640. The molecule has 164 valence electrons. The second kappa shape index (κ2) is 8.97. The fourth-order valence-corrected chi connectivity index (χ4v) is 3.56. The van der Waals surface area contributed by atoms with Crippen LogP contribution in [0.3, 0.4) is 0 Å². The van der Waals surface area contributed by atoms with Crippen LogP contribution in [0, 0.1) is 6.92 Å². The molecule has 1 aliphatic heterocycles. The van der Waals surface area contributed by atoms with E-state index in [4.69, 9.17) is 14.2 Å². The first-order valence-electron chi connectivity index (χ1n) is 10.0. The number of nitrogens with zero attached hydrogens (tertiary/aromatic N) is 2. The SMILES string of the molecule is COc1cccc(CNC(=O)CN2C(=O)c3cccnc3Oc3ccc(C)cc32)c1OC. The van der Waals surface area contributed by atoms with Crippen LogP contribution in [0.5, 0.6) is 23.1 Å². The molecule has 32 heavy (non-hydrogen) atoms. The Morgan fingerprint density at radius 3 is 2.75 bits per heavy atom. The minimum atomic E-state index is -0.355. The van der Waals surface area contributed by atoms with Crippen LogP contribution in [0.4, 0.5) is 5.69 Å². The average molecular weight is 433 g/mol. The van der Waals surface area contributed by atoms with Crippen molar-refractivity contribution in [2.45, 2.75) is 13.5 Å².